The molecule has 1 aliphatic carbocycles. The van der Waals surface area contributed by atoms with Gasteiger partial charge in [0.25, 0.3) is 0 Å². The second-order valence-corrected chi connectivity index (χ2v) is 6.84. The highest BCUT2D eigenvalue weighted by molar-refractivity contribution is 5.43. The molecular weight excluding hydrogens is 246 g/mol. The molecule has 1 aromatic carbocycles. The molecule has 1 aliphatic heterocycles. The summed E-state index contributed by atoms with van der Waals surface area (Å²) in [6.45, 7) is 7.25. The van der Waals surface area contributed by atoms with Crippen molar-refractivity contribution in [1.29, 1.82) is 0 Å². The second-order valence-electron chi connectivity index (χ2n) is 6.84. The van der Waals surface area contributed by atoms with Gasteiger partial charge < -0.3 is 10.6 Å². The molecule has 2 N–H and O–H groups in total. The normalized spacial score (nSPS) is 27.2. The Labute approximate surface area is 122 Å². The number of benzene rings is 1. The summed E-state index contributed by atoms with van der Waals surface area (Å²) >= 11 is 0. The minimum Gasteiger partial charge on any atom is -0.399 e. The third kappa shape index (κ3) is 2.84. The molecule has 0 radical (unpaired) electrons. The lowest BCUT2D eigenvalue weighted by Gasteiger charge is -2.32. The van der Waals surface area contributed by atoms with Crippen LogP contribution >= 0.6 is 0 Å². The molecule has 3 heteroatoms. The molecule has 0 spiro atoms. The molecule has 1 heterocycles. The first-order chi connectivity index (χ1) is 9.59. The van der Waals surface area contributed by atoms with Crippen molar-refractivity contribution in [3.05, 3.63) is 29.8 Å². The molecule has 0 amide bonds. The average Bonchev–Trinajstić information content (AvgIpc) is 3.20. The topological polar surface area (TPSA) is 32.5 Å². The van der Waals surface area contributed by atoms with E-state index in [1.807, 2.05) is 0 Å². The molecule has 1 saturated carbocycles. The second kappa shape index (κ2) is 5.38. The van der Waals surface area contributed by atoms with Crippen molar-refractivity contribution < 1.29 is 0 Å². The van der Waals surface area contributed by atoms with Gasteiger partial charge in [-0.15, -0.1) is 0 Å². The molecule has 1 unspecified atom stereocenters. The number of hydrogen-bond acceptors (Lipinski definition) is 3. The van der Waals surface area contributed by atoms with E-state index >= 15 is 0 Å². The molecule has 1 atom stereocenters. The highest BCUT2D eigenvalue weighted by Gasteiger charge is 2.46. The summed E-state index contributed by atoms with van der Waals surface area (Å²) in [6.07, 6.45) is 3.95. The molecule has 3 rings (SSSR count). The first-order valence-electron chi connectivity index (χ1n) is 7.88. The molecule has 20 heavy (non-hydrogen) atoms. The Morgan fingerprint density at radius 1 is 1.20 bits per heavy atom. The molecular formula is C17H27N3. The van der Waals surface area contributed by atoms with Crippen LogP contribution < -0.4 is 5.73 Å². The van der Waals surface area contributed by atoms with Gasteiger partial charge >= 0.3 is 0 Å². The van der Waals surface area contributed by atoms with Crippen LogP contribution in [0.5, 0.6) is 0 Å². The van der Waals surface area contributed by atoms with Crippen LogP contribution in [0.2, 0.25) is 0 Å². The molecule has 3 nitrogen and oxygen atoms in total. The van der Waals surface area contributed by atoms with E-state index in [2.05, 4.69) is 48.0 Å². The smallest absolute Gasteiger partial charge is 0.0314 e. The van der Waals surface area contributed by atoms with Gasteiger partial charge in [0.1, 0.15) is 0 Å². The predicted octanol–water partition coefficient (Wildman–Crippen LogP) is 2.33. The number of likely N-dealkylation sites (N-methyl/N-ethyl adjacent to an activating group) is 1. The van der Waals surface area contributed by atoms with Crippen LogP contribution in [0.3, 0.4) is 0 Å². The van der Waals surface area contributed by atoms with Crippen molar-refractivity contribution in [2.24, 2.45) is 0 Å². The summed E-state index contributed by atoms with van der Waals surface area (Å²) in [5.41, 5.74) is 8.58. The minimum absolute atomic E-state index is 0.408. The maximum absolute atomic E-state index is 5.82. The molecule has 2 aliphatic rings. The van der Waals surface area contributed by atoms with E-state index < -0.39 is 0 Å². The van der Waals surface area contributed by atoms with Crippen molar-refractivity contribution in [3.8, 4) is 0 Å². The molecule has 0 aromatic heterocycles. The minimum atomic E-state index is 0.408. The van der Waals surface area contributed by atoms with Crippen molar-refractivity contribution in [2.75, 3.05) is 39.0 Å². The lowest BCUT2D eigenvalue weighted by Crippen LogP contribution is -2.42. The van der Waals surface area contributed by atoms with Crippen molar-refractivity contribution >= 4 is 5.69 Å². The summed E-state index contributed by atoms with van der Waals surface area (Å²) in [7, 11) is 2.24. The zero-order chi connectivity index (χ0) is 14.2. The van der Waals surface area contributed by atoms with E-state index in [-0.39, 0.29) is 0 Å². The van der Waals surface area contributed by atoms with Crippen LogP contribution in [0.25, 0.3) is 0 Å². The number of nitrogens with two attached hydrogens (primary N) is 1. The Kier molecular flexibility index (Phi) is 3.74. The molecule has 0 bridgehead atoms. The third-order valence-corrected chi connectivity index (χ3v) is 5.07. The lowest BCUT2D eigenvalue weighted by molar-refractivity contribution is 0.186. The maximum atomic E-state index is 5.82. The molecule has 110 valence electrons. The van der Waals surface area contributed by atoms with Crippen LogP contribution in [0.15, 0.2) is 24.3 Å². The standard InChI is InChI=1S/C17H27N3/c1-14-12-19(2)10-3-11-20(14)13-17(8-9-17)15-4-6-16(18)7-5-15/h4-7,14H,3,8-13,18H2,1-2H3. The Bertz CT molecular complexity index is 450. The van der Waals surface area contributed by atoms with Gasteiger partial charge in [-0.05, 0) is 64.0 Å². The number of anilines is 1. The lowest BCUT2D eigenvalue weighted by atomic mass is 9.94. The maximum Gasteiger partial charge on any atom is 0.0314 e. The van der Waals surface area contributed by atoms with E-state index in [9.17, 15) is 0 Å². The number of hydrogen-bond donors (Lipinski definition) is 1. The Balaban J connectivity index is 1.71. The van der Waals surface area contributed by atoms with Gasteiger partial charge in [0.05, 0.1) is 0 Å². The number of nitrogens with zero attached hydrogens (tertiary/aromatic N) is 2. The Morgan fingerprint density at radius 2 is 1.90 bits per heavy atom. The Morgan fingerprint density at radius 3 is 2.55 bits per heavy atom. The average molecular weight is 273 g/mol. The van der Waals surface area contributed by atoms with Gasteiger partial charge in [-0.25, -0.2) is 0 Å². The zero-order valence-corrected chi connectivity index (χ0v) is 12.8. The monoisotopic (exact) mass is 273 g/mol. The van der Waals surface area contributed by atoms with E-state index in [4.69, 9.17) is 5.73 Å². The fourth-order valence-electron chi connectivity index (χ4n) is 3.57. The number of rotatable bonds is 3. The summed E-state index contributed by atoms with van der Waals surface area (Å²) in [5, 5.41) is 0. The van der Waals surface area contributed by atoms with E-state index in [0.717, 1.165) is 5.69 Å². The highest BCUT2D eigenvalue weighted by Crippen LogP contribution is 2.49. The fourth-order valence-corrected chi connectivity index (χ4v) is 3.57. The van der Waals surface area contributed by atoms with Gasteiger partial charge in [-0.3, -0.25) is 4.90 Å². The largest absolute Gasteiger partial charge is 0.399 e. The van der Waals surface area contributed by atoms with Gasteiger partial charge in [-0.1, -0.05) is 12.1 Å². The van der Waals surface area contributed by atoms with Crippen molar-refractivity contribution in [2.45, 2.75) is 37.6 Å². The molecule has 2 fully saturated rings. The molecule has 1 saturated heterocycles. The summed E-state index contributed by atoms with van der Waals surface area (Å²) in [6, 6.07) is 9.23. The fraction of sp³-hybridized carbons (Fsp3) is 0.647. The Hall–Kier alpha value is -1.06. The van der Waals surface area contributed by atoms with Crippen LogP contribution in [0.1, 0.15) is 31.7 Å². The zero-order valence-electron chi connectivity index (χ0n) is 12.8. The van der Waals surface area contributed by atoms with Crippen LogP contribution in [-0.2, 0) is 5.41 Å². The molecule has 1 aromatic rings. The van der Waals surface area contributed by atoms with Crippen molar-refractivity contribution in [3.63, 3.8) is 0 Å². The van der Waals surface area contributed by atoms with Gasteiger partial charge in [0.15, 0.2) is 0 Å². The van der Waals surface area contributed by atoms with E-state index in [1.54, 1.807) is 0 Å². The number of nitrogen functional groups attached to an aromatic ring is 1. The first-order valence-corrected chi connectivity index (χ1v) is 7.88. The summed E-state index contributed by atoms with van der Waals surface area (Å²) < 4.78 is 0. The van der Waals surface area contributed by atoms with Crippen LogP contribution in [0, 0.1) is 0 Å². The van der Waals surface area contributed by atoms with E-state index in [0.29, 0.717) is 11.5 Å². The third-order valence-electron chi connectivity index (χ3n) is 5.07. The predicted molar refractivity (Wildman–Crippen MR) is 84.9 cm³/mol. The summed E-state index contributed by atoms with van der Waals surface area (Å²) in [4.78, 5) is 5.17. The van der Waals surface area contributed by atoms with Crippen LogP contribution in [-0.4, -0.2) is 49.1 Å². The summed E-state index contributed by atoms with van der Waals surface area (Å²) in [5.74, 6) is 0. The quantitative estimate of drug-likeness (QED) is 0.858. The highest BCUT2D eigenvalue weighted by atomic mass is 15.2. The van der Waals surface area contributed by atoms with E-state index in [1.165, 1.54) is 51.0 Å². The van der Waals surface area contributed by atoms with Crippen molar-refractivity contribution in [1.82, 2.24) is 9.80 Å². The SMILES string of the molecule is CC1CN(C)CCCN1CC1(c2ccc(N)cc2)CC1. The van der Waals surface area contributed by atoms with Gasteiger partial charge in [0, 0.05) is 30.2 Å². The van der Waals surface area contributed by atoms with Gasteiger partial charge in [0.2, 0.25) is 0 Å². The first kappa shape index (κ1) is 13.9. The van der Waals surface area contributed by atoms with Gasteiger partial charge in [-0.2, -0.15) is 0 Å². The van der Waals surface area contributed by atoms with Crippen LogP contribution in [0.4, 0.5) is 5.69 Å².